The van der Waals surface area contributed by atoms with Gasteiger partial charge in [-0.05, 0) is 49.0 Å². The lowest BCUT2D eigenvalue weighted by molar-refractivity contribution is -0.0684. The fourth-order valence-electron chi connectivity index (χ4n) is 4.11. The molecule has 0 unspecified atom stereocenters. The number of carbonyl (C=O) groups excluding carboxylic acids is 1. The van der Waals surface area contributed by atoms with Gasteiger partial charge in [-0.2, -0.15) is 11.8 Å². The van der Waals surface area contributed by atoms with Crippen molar-refractivity contribution in [3.8, 4) is 0 Å². The predicted molar refractivity (Wildman–Crippen MR) is 92.8 cm³/mol. The second kappa shape index (κ2) is 6.36. The van der Waals surface area contributed by atoms with Gasteiger partial charge in [0.25, 0.3) is 0 Å². The molecule has 2 heterocycles. The quantitative estimate of drug-likeness (QED) is 0.875. The first-order valence-electron chi connectivity index (χ1n) is 8.61. The topological polar surface area (TPSA) is 50.4 Å². The van der Waals surface area contributed by atoms with Crippen LogP contribution >= 0.6 is 11.8 Å². The third-order valence-electron chi connectivity index (χ3n) is 5.33. The van der Waals surface area contributed by atoms with Crippen molar-refractivity contribution in [3.63, 3.8) is 0 Å². The number of amides is 2. The Morgan fingerprint density at radius 2 is 2.17 bits per heavy atom. The molecular formula is C18H24N2O2S. The van der Waals surface area contributed by atoms with Crippen LogP contribution < -0.4 is 10.6 Å². The second-order valence-corrected chi connectivity index (χ2v) is 8.04. The van der Waals surface area contributed by atoms with Crippen molar-refractivity contribution in [3.05, 3.63) is 35.4 Å². The zero-order valence-corrected chi connectivity index (χ0v) is 14.2. The molecule has 0 bridgehead atoms. The molecule has 0 aromatic heterocycles. The predicted octanol–water partition coefficient (Wildman–Crippen LogP) is 3.03. The summed E-state index contributed by atoms with van der Waals surface area (Å²) in [5, 5.41) is 6.35. The Bertz CT molecular complexity index is 586. The van der Waals surface area contributed by atoms with Gasteiger partial charge in [-0.15, -0.1) is 0 Å². The van der Waals surface area contributed by atoms with Crippen LogP contribution in [0, 0.1) is 0 Å². The van der Waals surface area contributed by atoms with Gasteiger partial charge in [0.1, 0.15) is 0 Å². The zero-order chi connectivity index (χ0) is 15.7. The molecule has 124 valence electrons. The molecule has 23 heavy (non-hydrogen) atoms. The Kier molecular flexibility index (Phi) is 4.24. The van der Waals surface area contributed by atoms with Crippen LogP contribution in [0.3, 0.4) is 0 Å². The van der Waals surface area contributed by atoms with E-state index < -0.39 is 0 Å². The zero-order valence-electron chi connectivity index (χ0n) is 13.3. The molecule has 0 radical (unpaired) electrons. The number of nitrogens with one attached hydrogen (secondary N) is 2. The van der Waals surface area contributed by atoms with Gasteiger partial charge in [-0.25, -0.2) is 4.79 Å². The summed E-state index contributed by atoms with van der Waals surface area (Å²) in [6.07, 6.45) is 5.04. The Morgan fingerprint density at radius 1 is 1.26 bits per heavy atom. The van der Waals surface area contributed by atoms with E-state index in [-0.39, 0.29) is 23.7 Å². The van der Waals surface area contributed by atoms with Crippen molar-refractivity contribution in [2.24, 2.45) is 0 Å². The minimum Gasteiger partial charge on any atom is -0.374 e. The smallest absolute Gasteiger partial charge is 0.315 e. The summed E-state index contributed by atoms with van der Waals surface area (Å²) in [5.41, 5.74) is 2.66. The standard InChI is InChI=1S/C18H24N2O2S/c21-17(20-16-6-5-13-3-1-2-4-15(13)16)19-14-7-9-22-18(11-14)8-10-23-12-18/h1-4,14,16H,5-12H2,(H2,19,20,21)/t14-,16+,18+/m1/s1. The molecule has 1 aromatic rings. The Labute approximate surface area is 141 Å². The van der Waals surface area contributed by atoms with E-state index in [9.17, 15) is 4.79 Å². The highest BCUT2D eigenvalue weighted by atomic mass is 32.2. The van der Waals surface area contributed by atoms with Gasteiger partial charge in [0.15, 0.2) is 0 Å². The monoisotopic (exact) mass is 332 g/mol. The normalized spacial score (nSPS) is 32.7. The third kappa shape index (κ3) is 3.22. The van der Waals surface area contributed by atoms with Crippen molar-refractivity contribution in [1.82, 2.24) is 10.6 Å². The fourth-order valence-corrected chi connectivity index (χ4v) is 5.48. The van der Waals surface area contributed by atoms with Gasteiger partial charge in [0.05, 0.1) is 11.6 Å². The molecule has 2 fully saturated rings. The molecule has 4 rings (SSSR count). The molecule has 5 heteroatoms. The molecule has 1 aliphatic carbocycles. The maximum Gasteiger partial charge on any atom is 0.315 e. The number of hydrogen-bond acceptors (Lipinski definition) is 3. The molecule has 2 N–H and O–H groups in total. The Hall–Kier alpha value is -1.20. The summed E-state index contributed by atoms with van der Waals surface area (Å²) in [7, 11) is 0. The molecular weight excluding hydrogens is 308 g/mol. The molecule has 2 amide bonds. The van der Waals surface area contributed by atoms with Gasteiger partial charge >= 0.3 is 6.03 Å². The molecule has 3 aliphatic rings. The number of benzene rings is 1. The van der Waals surface area contributed by atoms with Gasteiger partial charge in [0, 0.05) is 18.4 Å². The Morgan fingerprint density at radius 3 is 3.04 bits per heavy atom. The maximum atomic E-state index is 12.4. The summed E-state index contributed by atoms with van der Waals surface area (Å²) in [6, 6.07) is 8.78. The van der Waals surface area contributed by atoms with Gasteiger partial charge in [-0.3, -0.25) is 0 Å². The minimum absolute atomic E-state index is 0.0147. The lowest BCUT2D eigenvalue weighted by Gasteiger charge is -2.38. The fraction of sp³-hybridized carbons (Fsp3) is 0.611. The SMILES string of the molecule is O=C(N[C@@H]1CCO[C@@]2(CCSC2)C1)N[C@H]1CCc2ccccc21. The molecule has 4 nitrogen and oxygen atoms in total. The van der Waals surface area contributed by atoms with Crippen LogP contribution in [0.1, 0.15) is 42.9 Å². The molecule has 0 saturated carbocycles. The van der Waals surface area contributed by atoms with E-state index in [2.05, 4.69) is 34.9 Å². The first-order chi connectivity index (χ1) is 11.2. The number of rotatable bonds is 2. The molecule has 3 atom stereocenters. The van der Waals surface area contributed by atoms with Crippen molar-refractivity contribution in [1.29, 1.82) is 0 Å². The van der Waals surface area contributed by atoms with Crippen LogP contribution in [0.4, 0.5) is 4.79 Å². The van der Waals surface area contributed by atoms with Crippen molar-refractivity contribution < 1.29 is 9.53 Å². The van der Waals surface area contributed by atoms with Crippen molar-refractivity contribution in [2.75, 3.05) is 18.1 Å². The van der Waals surface area contributed by atoms with Crippen LogP contribution in [0.5, 0.6) is 0 Å². The highest BCUT2D eigenvalue weighted by Crippen LogP contribution is 2.38. The van der Waals surface area contributed by atoms with E-state index in [1.165, 1.54) is 16.9 Å². The highest BCUT2D eigenvalue weighted by Gasteiger charge is 2.41. The van der Waals surface area contributed by atoms with Crippen LogP contribution in [0.15, 0.2) is 24.3 Å². The van der Waals surface area contributed by atoms with E-state index in [1.807, 2.05) is 11.8 Å². The minimum atomic E-state index is -0.0283. The van der Waals surface area contributed by atoms with Crippen molar-refractivity contribution in [2.45, 2.75) is 49.8 Å². The van der Waals surface area contributed by atoms with E-state index >= 15 is 0 Å². The van der Waals surface area contributed by atoms with E-state index in [4.69, 9.17) is 4.74 Å². The average Bonchev–Trinajstić information content (AvgIpc) is 3.15. The first-order valence-corrected chi connectivity index (χ1v) is 9.76. The largest absolute Gasteiger partial charge is 0.374 e. The summed E-state index contributed by atoms with van der Waals surface area (Å²) in [4.78, 5) is 12.4. The molecule has 1 spiro atoms. The summed E-state index contributed by atoms with van der Waals surface area (Å²) >= 11 is 1.97. The number of ether oxygens (including phenoxy) is 1. The summed E-state index contributed by atoms with van der Waals surface area (Å²) < 4.78 is 6.03. The van der Waals surface area contributed by atoms with Crippen LogP contribution in [0.2, 0.25) is 0 Å². The van der Waals surface area contributed by atoms with Crippen LogP contribution in [-0.4, -0.2) is 35.8 Å². The van der Waals surface area contributed by atoms with Gasteiger partial charge < -0.3 is 15.4 Å². The highest BCUT2D eigenvalue weighted by molar-refractivity contribution is 7.99. The maximum absolute atomic E-state index is 12.4. The lowest BCUT2D eigenvalue weighted by Crippen LogP contribution is -2.51. The number of hydrogen-bond donors (Lipinski definition) is 2. The lowest BCUT2D eigenvalue weighted by atomic mass is 9.90. The van der Waals surface area contributed by atoms with Crippen LogP contribution in [0.25, 0.3) is 0 Å². The molecule has 1 aromatic carbocycles. The number of urea groups is 1. The second-order valence-electron chi connectivity index (χ2n) is 6.93. The van der Waals surface area contributed by atoms with Crippen LogP contribution in [-0.2, 0) is 11.2 Å². The number of aryl methyl sites for hydroxylation is 1. The third-order valence-corrected chi connectivity index (χ3v) is 6.56. The number of fused-ring (bicyclic) bond motifs is 1. The van der Waals surface area contributed by atoms with E-state index in [1.54, 1.807) is 0 Å². The van der Waals surface area contributed by atoms with Gasteiger partial charge in [-0.1, -0.05) is 24.3 Å². The first kappa shape index (κ1) is 15.3. The number of thioether (sulfide) groups is 1. The molecule has 2 saturated heterocycles. The van der Waals surface area contributed by atoms with E-state index in [0.717, 1.165) is 44.5 Å². The summed E-state index contributed by atoms with van der Waals surface area (Å²) in [5.74, 6) is 2.25. The average molecular weight is 332 g/mol. The van der Waals surface area contributed by atoms with Crippen molar-refractivity contribution >= 4 is 17.8 Å². The van der Waals surface area contributed by atoms with Gasteiger partial charge in [0.2, 0.25) is 0 Å². The van der Waals surface area contributed by atoms with E-state index in [0.29, 0.717) is 0 Å². The molecule has 2 aliphatic heterocycles. The Balaban J connectivity index is 1.34. The summed E-state index contributed by atoms with van der Waals surface area (Å²) in [6.45, 7) is 0.762. The number of carbonyl (C=O) groups is 1.